The SMILES string of the molecule is COc1cc(C(=O)NCC(C)c2ccc(OC)c(-c3c[nH]c4c(F)cccc34)n2)ccc1OCC(N)=O. The zero-order chi connectivity index (χ0) is 26.5. The van der Waals surface area contributed by atoms with Crippen LogP contribution in [0.15, 0.2) is 54.7 Å². The van der Waals surface area contributed by atoms with Crippen LogP contribution in [-0.2, 0) is 4.79 Å². The lowest BCUT2D eigenvalue weighted by Crippen LogP contribution is -2.28. The highest BCUT2D eigenvalue weighted by Crippen LogP contribution is 2.35. The van der Waals surface area contributed by atoms with Gasteiger partial charge in [-0.2, -0.15) is 0 Å². The maximum absolute atomic E-state index is 14.2. The first kappa shape index (κ1) is 25.5. The molecule has 1 atom stereocenters. The van der Waals surface area contributed by atoms with Crippen LogP contribution in [0.2, 0.25) is 0 Å². The summed E-state index contributed by atoms with van der Waals surface area (Å²) in [6, 6.07) is 13.1. The summed E-state index contributed by atoms with van der Waals surface area (Å²) in [7, 11) is 2.99. The number of methoxy groups -OCH3 is 2. The average Bonchev–Trinajstić information content (AvgIpc) is 3.35. The number of ether oxygens (including phenoxy) is 3. The number of rotatable bonds is 10. The molecule has 0 aliphatic carbocycles. The predicted molar refractivity (Wildman–Crippen MR) is 136 cm³/mol. The third kappa shape index (κ3) is 5.48. The number of fused-ring (bicyclic) bond motifs is 1. The topological polar surface area (TPSA) is 129 Å². The van der Waals surface area contributed by atoms with Crippen LogP contribution in [-0.4, -0.2) is 49.2 Å². The minimum atomic E-state index is -0.620. The maximum atomic E-state index is 14.2. The number of benzene rings is 2. The van der Waals surface area contributed by atoms with E-state index in [1.54, 1.807) is 31.5 Å². The smallest absolute Gasteiger partial charge is 0.255 e. The number of hydrogen-bond acceptors (Lipinski definition) is 6. The first-order valence-electron chi connectivity index (χ1n) is 11.5. The lowest BCUT2D eigenvalue weighted by Gasteiger charge is -2.16. The van der Waals surface area contributed by atoms with Crippen molar-refractivity contribution < 1.29 is 28.2 Å². The van der Waals surface area contributed by atoms with Gasteiger partial charge in [-0.05, 0) is 36.4 Å². The molecule has 2 amide bonds. The summed E-state index contributed by atoms with van der Waals surface area (Å²) in [5.74, 6) is -0.264. The molecule has 0 bridgehead atoms. The number of amides is 2. The summed E-state index contributed by atoms with van der Waals surface area (Å²) in [6.45, 7) is 1.95. The number of aromatic amines is 1. The van der Waals surface area contributed by atoms with Crippen LogP contribution >= 0.6 is 0 Å². The van der Waals surface area contributed by atoms with Crippen molar-refractivity contribution in [3.8, 4) is 28.5 Å². The lowest BCUT2D eigenvalue weighted by molar-refractivity contribution is -0.119. The second kappa shape index (κ2) is 11.0. The highest BCUT2D eigenvalue weighted by atomic mass is 19.1. The Morgan fingerprint density at radius 3 is 2.57 bits per heavy atom. The number of para-hydroxylation sites is 1. The summed E-state index contributed by atoms with van der Waals surface area (Å²) in [5.41, 5.74) is 7.89. The number of hydrogen-bond donors (Lipinski definition) is 3. The number of aromatic nitrogens is 2. The molecule has 0 radical (unpaired) electrons. The van der Waals surface area contributed by atoms with Gasteiger partial charge in [0.15, 0.2) is 18.1 Å². The van der Waals surface area contributed by atoms with Crippen LogP contribution in [0.4, 0.5) is 4.39 Å². The van der Waals surface area contributed by atoms with Gasteiger partial charge in [0, 0.05) is 40.9 Å². The Balaban J connectivity index is 1.51. The van der Waals surface area contributed by atoms with Gasteiger partial charge < -0.3 is 30.2 Å². The third-order valence-electron chi connectivity index (χ3n) is 5.89. The number of carbonyl (C=O) groups excluding carboxylic acids is 2. The molecule has 1 unspecified atom stereocenters. The molecule has 0 saturated heterocycles. The van der Waals surface area contributed by atoms with Gasteiger partial charge in [0.1, 0.15) is 17.3 Å². The van der Waals surface area contributed by atoms with E-state index in [9.17, 15) is 14.0 Å². The minimum absolute atomic E-state index is 0.143. The van der Waals surface area contributed by atoms with E-state index in [4.69, 9.17) is 24.9 Å². The highest BCUT2D eigenvalue weighted by Gasteiger charge is 2.18. The quantitative estimate of drug-likeness (QED) is 0.300. The standard InChI is InChI=1S/C27H27FN4O5/c1-15(12-31-27(34)16-7-9-21(23(11-16)36-3)37-14-24(29)33)20-8-10-22(35-2)26(32-20)18-13-30-25-17(18)5-4-6-19(25)28/h4-11,13,15,30H,12,14H2,1-3H3,(H2,29,33)(H,31,34). The van der Waals surface area contributed by atoms with Crippen LogP contribution in [0.25, 0.3) is 22.2 Å². The second-order valence-corrected chi connectivity index (χ2v) is 8.38. The largest absolute Gasteiger partial charge is 0.494 e. The monoisotopic (exact) mass is 506 g/mol. The predicted octanol–water partition coefficient (Wildman–Crippen LogP) is 3.78. The van der Waals surface area contributed by atoms with Crippen LogP contribution in [0, 0.1) is 5.82 Å². The summed E-state index contributed by atoms with van der Waals surface area (Å²) in [5, 5.41) is 3.60. The Bertz CT molecular complexity index is 1450. The fourth-order valence-electron chi connectivity index (χ4n) is 3.94. The molecule has 9 nitrogen and oxygen atoms in total. The Hall–Kier alpha value is -4.60. The average molecular weight is 507 g/mol. The first-order chi connectivity index (χ1) is 17.8. The number of carbonyl (C=O) groups is 2. The van der Waals surface area contributed by atoms with Gasteiger partial charge in [-0.15, -0.1) is 0 Å². The molecule has 2 aromatic carbocycles. The van der Waals surface area contributed by atoms with Gasteiger partial charge >= 0.3 is 0 Å². The van der Waals surface area contributed by atoms with Gasteiger partial charge in [0.2, 0.25) is 0 Å². The fraction of sp³-hybridized carbons (Fsp3) is 0.222. The molecule has 4 rings (SSSR count). The van der Waals surface area contributed by atoms with Crippen molar-refractivity contribution in [3.05, 3.63) is 71.8 Å². The van der Waals surface area contributed by atoms with Gasteiger partial charge in [-0.3, -0.25) is 9.59 Å². The number of pyridine rings is 1. The van der Waals surface area contributed by atoms with Crippen molar-refractivity contribution >= 4 is 22.7 Å². The number of nitrogens with zero attached hydrogens (tertiary/aromatic N) is 1. The Labute approximate surface area is 212 Å². The van der Waals surface area contributed by atoms with E-state index >= 15 is 0 Å². The second-order valence-electron chi connectivity index (χ2n) is 8.38. The fourth-order valence-corrected chi connectivity index (χ4v) is 3.94. The van der Waals surface area contributed by atoms with Gasteiger partial charge in [0.25, 0.3) is 11.8 Å². The van der Waals surface area contributed by atoms with Crippen LogP contribution in [0.1, 0.15) is 28.9 Å². The Kier molecular flexibility index (Phi) is 7.57. The van der Waals surface area contributed by atoms with Crippen LogP contribution in [0.3, 0.4) is 0 Å². The number of nitrogens with one attached hydrogen (secondary N) is 2. The Morgan fingerprint density at radius 2 is 1.84 bits per heavy atom. The molecule has 0 fully saturated rings. The number of nitrogens with two attached hydrogens (primary N) is 1. The molecule has 2 aromatic heterocycles. The van der Waals surface area contributed by atoms with E-state index in [0.29, 0.717) is 46.0 Å². The number of primary amides is 1. The van der Waals surface area contributed by atoms with Gasteiger partial charge in [-0.1, -0.05) is 19.1 Å². The van der Waals surface area contributed by atoms with E-state index in [-0.39, 0.29) is 24.2 Å². The van der Waals surface area contributed by atoms with E-state index in [2.05, 4.69) is 10.3 Å². The summed E-state index contributed by atoms with van der Waals surface area (Å²) in [6.07, 6.45) is 1.71. The molecular formula is C27H27FN4O5. The molecule has 4 aromatic rings. The van der Waals surface area contributed by atoms with Crippen LogP contribution in [0.5, 0.6) is 17.2 Å². The highest BCUT2D eigenvalue weighted by molar-refractivity contribution is 5.96. The first-order valence-corrected chi connectivity index (χ1v) is 11.5. The van der Waals surface area contributed by atoms with Crippen molar-refractivity contribution in [1.29, 1.82) is 0 Å². The summed E-state index contributed by atoms with van der Waals surface area (Å²) >= 11 is 0. The molecular weight excluding hydrogens is 479 g/mol. The molecule has 0 aliphatic heterocycles. The number of halogens is 1. The lowest BCUT2D eigenvalue weighted by atomic mass is 10.0. The molecule has 0 saturated carbocycles. The van der Waals surface area contributed by atoms with Gasteiger partial charge in [-0.25, -0.2) is 9.37 Å². The normalized spacial score (nSPS) is 11.7. The van der Waals surface area contributed by atoms with E-state index in [0.717, 1.165) is 11.3 Å². The third-order valence-corrected chi connectivity index (χ3v) is 5.89. The molecule has 0 aliphatic rings. The van der Waals surface area contributed by atoms with Gasteiger partial charge in [0.05, 0.1) is 19.7 Å². The summed E-state index contributed by atoms with van der Waals surface area (Å²) in [4.78, 5) is 31.5. The van der Waals surface area contributed by atoms with Crippen molar-refractivity contribution in [1.82, 2.24) is 15.3 Å². The zero-order valence-electron chi connectivity index (χ0n) is 20.6. The molecule has 10 heteroatoms. The summed E-state index contributed by atoms with van der Waals surface area (Å²) < 4.78 is 30.3. The maximum Gasteiger partial charge on any atom is 0.255 e. The van der Waals surface area contributed by atoms with E-state index in [1.165, 1.54) is 19.2 Å². The minimum Gasteiger partial charge on any atom is -0.494 e. The van der Waals surface area contributed by atoms with E-state index < -0.39 is 5.91 Å². The van der Waals surface area contributed by atoms with Crippen molar-refractivity contribution in [2.24, 2.45) is 5.73 Å². The van der Waals surface area contributed by atoms with Crippen LogP contribution < -0.4 is 25.3 Å². The van der Waals surface area contributed by atoms with Crippen molar-refractivity contribution in [3.63, 3.8) is 0 Å². The zero-order valence-corrected chi connectivity index (χ0v) is 20.6. The Morgan fingerprint density at radius 1 is 1.08 bits per heavy atom. The molecule has 37 heavy (non-hydrogen) atoms. The molecule has 4 N–H and O–H groups in total. The molecule has 2 heterocycles. The number of H-pyrrole nitrogens is 1. The molecule has 192 valence electrons. The van der Waals surface area contributed by atoms with Crippen molar-refractivity contribution in [2.75, 3.05) is 27.4 Å². The van der Waals surface area contributed by atoms with E-state index in [1.807, 2.05) is 25.1 Å². The molecule has 0 spiro atoms. The van der Waals surface area contributed by atoms with Crippen molar-refractivity contribution in [2.45, 2.75) is 12.8 Å².